The zero-order valence-corrected chi connectivity index (χ0v) is 21.9. The highest BCUT2D eigenvalue weighted by molar-refractivity contribution is 14.0. The van der Waals surface area contributed by atoms with E-state index in [2.05, 4.69) is 20.8 Å². The summed E-state index contributed by atoms with van der Waals surface area (Å²) >= 11 is 0. The van der Waals surface area contributed by atoms with E-state index in [1.54, 1.807) is 0 Å². The lowest BCUT2D eigenvalue weighted by atomic mass is 10.1. The summed E-state index contributed by atoms with van der Waals surface area (Å²) in [6, 6.07) is 8.02. The number of nitrogens with zero attached hydrogens (tertiary/aromatic N) is 4. The van der Waals surface area contributed by atoms with E-state index in [9.17, 15) is 0 Å². The monoisotopic (exact) mass is 544 g/mol. The molecule has 0 atom stereocenters. The van der Waals surface area contributed by atoms with E-state index in [-0.39, 0.29) is 29.6 Å². The number of halogens is 1. The van der Waals surface area contributed by atoms with Crippen LogP contribution in [0.2, 0.25) is 0 Å². The lowest BCUT2D eigenvalue weighted by molar-refractivity contribution is 0.129. The molecular weight excluding hydrogens is 507 g/mol. The lowest BCUT2D eigenvalue weighted by Gasteiger charge is -2.23. The minimum atomic E-state index is -0.262. The molecule has 9 heteroatoms. The molecule has 1 aromatic carbocycles. The Balaban J connectivity index is 0.00000480. The van der Waals surface area contributed by atoms with Crippen molar-refractivity contribution < 1.29 is 9.47 Å². The summed E-state index contributed by atoms with van der Waals surface area (Å²) in [6.07, 6.45) is 0.904. The van der Waals surface area contributed by atoms with Crippen LogP contribution in [0.5, 0.6) is 5.75 Å². The zero-order valence-electron chi connectivity index (χ0n) is 19.6. The molecule has 8 nitrogen and oxygen atoms in total. The van der Waals surface area contributed by atoms with Crippen LogP contribution < -0.4 is 15.4 Å². The van der Waals surface area contributed by atoms with Crippen LogP contribution in [0, 0.1) is 6.92 Å². The van der Waals surface area contributed by atoms with Gasteiger partial charge in [-0.2, -0.15) is 0 Å². The molecule has 1 aromatic heterocycles. The van der Waals surface area contributed by atoms with Gasteiger partial charge in [-0.3, -0.25) is 0 Å². The number of ether oxygens (including phenoxy) is 2. The number of aliphatic imine (C=N–C) groups is 1. The third-order valence-corrected chi connectivity index (χ3v) is 4.35. The summed E-state index contributed by atoms with van der Waals surface area (Å²) in [5.41, 5.74) is 0.777. The first kappa shape index (κ1) is 27.2. The number of aromatic nitrogens is 3. The van der Waals surface area contributed by atoms with Crippen molar-refractivity contribution in [1.82, 2.24) is 25.4 Å². The summed E-state index contributed by atoms with van der Waals surface area (Å²) in [6.45, 7) is 13.3. The van der Waals surface area contributed by atoms with Crippen LogP contribution in [0.1, 0.15) is 51.3 Å². The predicted octanol–water partition coefficient (Wildman–Crippen LogP) is 3.58. The summed E-state index contributed by atoms with van der Waals surface area (Å²) in [5.74, 6) is 3.31. The molecule has 0 amide bonds. The standard InChI is InChI=1S/C22H36N6O2.HI/c1-7-29-14-10-13-23-21(25-16-20-27-26-17(2)28(20)6)24-15-18-11-8-9-12-19(18)30-22(3,4)5;/h8-9,11-12H,7,10,13-16H2,1-6H3,(H2,23,24,25);1H. The van der Waals surface area contributed by atoms with E-state index in [4.69, 9.17) is 14.5 Å². The van der Waals surface area contributed by atoms with Gasteiger partial charge in [0.2, 0.25) is 0 Å². The number of benzene rings is 1. The molecule has 2 N–H and O–H groups in total. The number of hydrogen-bond donors (Lipinski definition) is 2. The van der Waals surface area contributed by atoms with Gasteiger partial charge in [-0.25, -0.2) is 4.99 Å². The van der Waals surface area contributed by atoms with Crippen LogP contribution >= 0.6 is 24.0 Å². The van der Waals surface area contributed by atoms with Gasteiger partial charge in [0.1, 0.15) is 17.2 Å². The molecule has 0 fully saturated rings. The third-order valence-electron chi connectivity index (χ3n) is 4.35. The topological polar surface area (TPSA) is 85.6 Å². The van der Waals surface area contributed by atoms with Crippen LogP contribution in [0.25, 0.3) is 0 Å². The fourth-order valence-electron chi connectivity index (χ4n) is 2.70. The number of nitrogens with one attached hydrogen (secondary N) is 2. The lowest BCUT2D eigenvalue weighted by Crippen LogP contribution is -2.38. The third kappa shape index (κ3) is 9.86. The summed E-state index contributed by atoms with van der Waals surface area (Å²) in [4.78, 5) is 4.77. The Morgan fingerprint density at radius 3 is 2.55 bits per heavy atom. The highest BCUT2D eigenvalue weighted by atomic mass is 127. The Morgan fingerprint density at radius 2 is 1.90 bits per heavy atom. The molecule has 174 valence electrons. The van der Waals surface area contributed by atoms with E-state index in [1.807, 2.05) is 70.5 Å². The smallest absolute Gasteiger partial charge is 0.191 e. The van der Waals surface area contributed by atoms with Crippen LogP contribution in [0.15, 0.2) is 29.3 Å². The van der Waals surface area contributed by atoms with Gasteiger partial charge in [0.05, 0.1) is 13.1 Å². The molecule has 31 heavy (non-hydrogen) atoms. The second kappa shape index (κ2) is 13.5. The van der Waals surface area contributed by atoms with Crippen molar-refractivity contribution >= 4 is 29.9 Å². The molecule has 0 aliphatic heterocycles. The Kier molecular flexibility index (Phi) is 11.8. The van der Waals surface area contributed by atoms with Crippen molar-refractivity contribution in [2.75, 3.05) is 19.8 Å². The van der Waals surface area contributed by atoms with Crippen molar-refractivity contribution in [2.24, 2.45) is 12.0 Å². The minimum absolute atomic E-state index is 0. The van der Waals surface area contributed by atoms with Gasteiger partial charge in [-0.15, -0.1) is 34.2 Å². The van der Waals surface area contributed by atoms with E-state index >= 15 is 0 Å². The molecule has 0 unspecified atom stereocenters. The molecule has 0 saturated carbocycles. The van der Waals surface area contributed by atoms with Crippen LogP contribution in [-0.2, 0) is 24.9 Å². The molecule has 0 saturated heterocycles. The van der Waals surface area contributed by atoms with Gasteiger partial charge in [-0.05, 0) is 47.1 Å². The first-order valence-corrected chi connectivity index (χ1v) is 10.5. The van der Waals surface area contributed by atoms with E-state index in [0.29, 0.717) is 13.1 Å². The molecule has 2 aromatic rings. The van der Waals surface area contributed by atoms with Crippen LogP contribution in [0.3, 0.4) is 0 Å². The largest absolute Gasteiger partial charge is 0.488 e. The average Bonchev–Trinajstić information content (AvgIpc) is 3.01. The number of hydrogen-bond acceptors (Lipinski definition) is 5. The Labute approximate surface area is 203 Å². The van der Waals surface area contributed by atoms with Crippen molar-refractivity contribution in [2.45, 2.75) is 59.7 Å². The Hall–Kier alpha value is -1.88. The van der Waals surface area contributed by atoms with Gasteiger partial charge >= 0.3 is 0 Å². The number of rotatable bonds is 10. The maximum atomic E-state index is 6.09. The number of guanidine groups is 1. The van der Waals surface area contributed by atoms with Crippen LogP contribution in [-0.4, -0.2) is 46.1 Å². The molecule has 1 heterocycles. The van der Waals surface area contributed by atoms with E-state index in [1.165, 1.54) is 0 Å². The molecule has 2 rings (SSSR count). The van der Waals surface area contributed by atoms with Gasteiger partial charge in [-0.1, -0.05) is 18.2 Å². The van der Waals surface area contributed by atoms with Gasteiger partial charge in [0.15, 0.2) is 11.8 Å². The molecule has 0 bridgehead atoms. The summed E-state index contributed by atoms with van der Waals surface area (Å²) < 4.78 is 13.5. The van der Waals surface area contributed by atoms with E-state index < -0.39 is 0 Å². The van der Waals surface area contributed by atoms with E-state index in [0.717, 1.165) is 55.1 Å². The first-order chi connectivity index (χ1) is 14.3. The molecular formula is C22H37IN6O2. The van der Waals surface area contributed by atoms with Crippen molar-refractivity contribution in [3.63, 3.8) is 0 Å². The van der Waals surface area contributed by atoms with Gasteiger partial charge < -0.3 is 24.7 Å². The normalized spacial score (nSPS) is 11.7. The van der Waals surface area contributed by atoms with Gasteiger partial charge in [0, 0.05) is 32.4 Å². The number of aryl methyl sites for hydroxylation is 1. The second-order valence-electron chi connectivity index (χ2n) is 8.04. The predicted molar refractivity (Wildman–Crippen MR) is 135 cm³/mol. The quantitative estimate of drug-likeness (QED) is 0.206. The van der Waals surface area contributed by atoms with Crippen LogP contribution in [0.4, 0.5) is 0 Å². The molecule has 0 radical (unpaired) electrons. The number of para-hydroxylation sites is 1. The second-order valence-corrected chi connectivity index (χ2v) is 8.04. The first-order valence-electron chi connectivity index (χ1n) is 10.5. The maximum Gasteiger partial charge on any atom is 0.191 e. The fraction of sp³-hybridized carbons (Fsp3) is 0.591. The Morgan fingerprint density at radius 1 is 1.16 bits per heavy atom. The minimum Gasteiger partial charge on any atom is -0.488 e. The molecule has 0 aliphatic carbocycles. The van der Waals surface area contributed by atoms with Gasteiger partial charge in [0.25, 0.3) is 0 Å². The highest BCUT2D eigenvalue weighted by Crippen LogP contribution is 2.23. The summed E-state index contributed by atoms with van der Waals surface area (Å²) in [7, 11) is 1.96. The zero-order chi connectivity index (χ0) is 22.0. The molecule has 0 aliphatic rings. The van der Waals surface area contributed by atoms with Crippen molar-refractivity contribution in [3.8, 4) is 5.75 Å². The highest BCUT2D eigenvalue weighted by Gasteiger charge is 2.14. The maximum absolute atomic E-state index is 6.09. The Bertz CT molecular complexity index is 817. The summed E-state index contributed by atoms with van der Waals surface area (Å²) in [5, 5.41) is 15.0. The van der Waals surface area contributed by atoms with Crippen molar-refractivity contribution in [3.05, 3.63) is 41.5 Å². The van der Waals surface area contributed by atoms with Crippen molar-refractivity contribution in [1.29, 1.82) is 0 Å². The SMILES string of the molecule is CCOCCCNC(=NCc1ccccc1OC(C)(C)C)NCc1nnc(C)n1C.I. The fourth-order valence-corrected chi connectivity index (χ4v) is 2.70. The average molecular weight is 544 g/mol. The molecule has 0 spiro atoms.